The minimum atomic E-state index is -3.39. The predicted octanol–water partition coefficient (Wildman–Crippen LogP) is -3.90. The minimum absolute atomic E-state index is 0. The molecule has 37 heavy (non-hydrogen) atoms. The van der Waals surface area contributed by atoms with Crippen molar-refractivity contribution in [1.82, 2.24) is 0 Å². The van der Waals surface area contributed by atoms with E-state index in [2.05, 4.69) is 0 Å². The Morgan fingerprint density at radius 1 is 0.459 bits per heavy atom. The molecule has 0 radical (unpaired) electrons. The van der Waals surface area contributed by atoms with E-state index >= 15 is 0 Å². The van der Waals surface area contributed by atoms with Gasteiger partial charge in [-0.3, -0.25) is 18.3 Å². The van der Waals surface area contributed by atoms with Crippen LogP contribution < -0.4 is 20.4 Å². The van der Waals surface area contributed by atoms with Crippen molar-refractivity contribution in [2.45, 2.75) is 27.7 Å². The van der Waals surface area contributed by atoms with Crippen molar-refractivity contribution in [2.75, 3.05) is 49.3 Å². The van der Waals surface area contributed by atoms with Crippen molar-refractivity contribution < 1.29 is 99.2 Å². The van der Waals surface area contributed by atoms with Gasteiger partial charge in [0.25, 0.3) is 0 Å². The Bertz CT molecular complexity index is 761. The third-order valence-corrected chi connectivity index (χ3v) is 10.4. The van der Waals surface area contributed by atoms with Gasteiger partial charge in [-0.15, -0.1) is 0 Å². The monoisotopic (exact) mass is 652 g/mol. The maximum absolute atomic E-state index is 10.5. The first kappa shape index (κ1) is 46.2. The molecule has 0 saturated carbocycles. The molecule has 0 rings (SSSR count). The number of aliphatic carboxylic acids is 4. The van der Waals surface area contributed by atoms with Gasteiger partial charge >= 0.3 is 21.7 Å². The third-order valence-electron chi connectivity index (χ3n) is 3.48. The van der Waals surface area contributed by atoms with Crippen LogP contribution in [-0.4, -0.2) is 92.7 Å². The zero-order chi connectivity index (χ0) is 30.0. The molecule has 0 aliphatic carbocycles. The SMILES string of the molecule is CCP(=O)(O)CC(=O)[O-].CCP(=O)(O)CC(=O)[O-].CCP(=O)(O)CC(=O)[O-].CCP(=O)(O)CC(=O)[O-].[Ti+4]. The van der Waals surface area contributed by atoms with E-state index in [4.69, 9.17) is 19.6 Å². The molecule has 0 fully saturated rings. The molecule has 0 amide bonds. The van der Waals surface area contributed by atoms with Crippen LogP contribution in [-0.2, 0) is 59.2 Å². The predicted molar refractivity (Wildman–Crippen MR) is 121 cm³/mol. The molecule has 0 saturated heterocycles. The zero-order valence-electron chi connectivity index (χ0n) is 20.6. The quantitative estimate of drug-likeness (QED) is 0.116. The van der Waals surface area contributed by atoms with Gasteiger partial charge in [-0.2, -0.15) is 0 Å². The van der Waals surface area contributed by atoms with Crippen LogP contribution in [0.4, 0.5) is 0 Å². The smallest absolute Gasteiger partial charge is 0.550 e. The molecule has 216 valence electrons. The number of hydrogen-bond acceptors (Lipinski definition) is 12. The summed E-state index contributed by atoms with van der Waals surface area (Å²) in [6.45, 7) is 5.85. The Morgan fingerprint density at radius 3 is 0.595 bits per heavy atom. The zero-order valence-corrected chi connectivity index (χ0v) is 25.8. The number of carbonyl (C=O) groups excluding carboxylic acids is 4. The van der Waals surface area contributed by atoms with Crippen LogP contribution >= 0.6 is 29.5 Å². The van der Waals surface area contributed by atoms with Gasteiger partial charge in [-0.1, -0.05) is 27.7 Å². The van der Waals surface area contributed by atoms with E-state index in [1.807, 2.05) is 0 Å². The Morgan fingerprint density at radius 2 is 0.568 bits per heavy atom. The molecule has 4 unspecified atom stereocenters. The standard InChI is InChI=1S/4C4H9O4P.Ti/c4*1-2-9(7,8)3-4(5)6;/h4*2-3H2,1H3,(H,5,6)(H,7,8);/q;;;;+4/p-4. The second-order valence-electron chi connectivity index (χ2n) is 6.77. The fourth-order valence-electron chi connectivity index (χ4n) is 1.25. The van der Waals surface area contributed by atoms with Gasteiger partial charge in [0.2, 0.25) is 29.5 Å². The van der Waals surface area contributed by atoms with E-state index in [9.17, 15) is 57.9 Å². The van der Waals surface area contributed by atoms with Gasteiger partial charge in [-0.05, 0) is 0 Å². The number of carbonyl (C=O) groups is 4. The Labute approximate surface area is 229 Å². The van der Waals surface area contributed by atoms with E-state index < -0.39 is 78.0 Å². The third kappa shape index (κ3) is 40.0. The maximum atomic E-state index is 10.5. The van der Waals surface area contributed by atoms with Crippen molar-refractivity contribution in [1.29, 1.82) is 0 Å². The largest absolute Gasteiger partial charge is 4.00 e. The van der Waals surface area contributed by atoms with E-state index in [0.29, 0.717) is 0 Å². The number of carboxylic acids is 4. The topological polar surface area (TPSA) is 310 Å². The molecule has 0 bridgehead atoms. The molecule has 4 N–H and O–H groups in total. The molecular weight excluding hydrogens is 620 g/mol. The Balaban J connectivity index is -0.000000122. The summed E-state index contributed by atoms with van der Waals surface area (Å²) in [6.07, 6.45) is -2.98. The van der Waals surface area contributed by atoms with E-state index in [0.717, 1.165) is 0 Å². The summed E-state index contributed by atoms with van der Waals surface area (Å²) >= 11 is 0. The number of rotatable bonds is 12. The molecular formula is C16H32O16P4Ti. The van der Waals surface area contributed by atoms with Gasteiger partial charge in [0.15, 0.2) is 0 Å². The fraction of sp³-hybridized carbons (Fsp3) is 0.750. The van der Waals surface area contributed by atoms with Crippen molar-refractivity contribution >= 4 is 53.4 Å². The average Bonchev–Trinajstić information content (AvgIpc) is 2.66. The van der Waals surface area contributed by atoms with Crippen molar-refractivity contribution in [2.24, 2.45) is 0 Å². The van der Waals surface area contributed by atoms with Crippen molar-refractivity contribution in [3.63, 3.8) is 0 Å². The maximum Gasteiger partial charge on any atom is 4.00 e. The van der Waals surface area contributed by atoms with Crippen LogP contribution in [0, 0.1) is 0 Å². The molecule has 16 nitrogen and oxygen atoms in total. The normalized spacial score (nSPS) is 16.2. The van der Waals surface area contributed by atoms with Gasteiger partial charge in [-0.25, -0.2) is 0 Å². The van der Waals surface area contributed by atoms with Crippen LogP contribution in [0.25, 0.3) is 0 Å². The molecule has 0 aromatic heterocycles. The summed E-state index contributed by atoms with van der Waals surface area (Å²) < 4.78 is 42.1. The average molecular weight is 652 g/mol. The molecule has 0 aliphatic rings. The van der Waals surface area contributed by atoms with Crippen LogP contribution in [0.5, 0.6) is 0 Å². The van der Waals surface area contributed by atoms with Crippen LogP contribution in [0.1, 0.15) is 27.7 Å². The van der Waals surface area contributed by atoms with E-state index in [-0.39, 0.29) is 46.4 Å². The summed E-state index contributed by atoms with van der Waals surface area (Å²) in [6, 6.07) is 0. The van der Waals surface area contributed by atoms with E-state index in [1.165, 1.54) is 27.7 Å². The summed E-state index contributed by atoms with van der Waals surface area (Å²) in [5.41, 5.74) is 0. The number of hydrogen-bond donors (Lipinski definition) is 4. The van der Waals surface area contributed by atoms with Crippen molar-refractivity contribution in [3.8, 4) is 0 Å². The van der Waals surface area contributed by atoms with Gasteiger partial charge in [0, 0.05) is 24.6 Å². The molecule has 0 aromatic rings. The van der Waals surface area contributed by atoms with Gasteiger partial charge in [0.05, 0.1) is 48.5 Å². The Kier molecular flexibility index (Phi) is 27.7. The molecule has 0 aromatic carbocycles. The van der Waals surface area contributed by atoms with E-state index in [1.54, 1.807) is 0 Å². The molecule has 0 aliphatic heterocycles. The van der Waals surface area contributed by atoms with Crippen LogP contribution in [0.2, 0.25) is 0 Å². The van der Waals surface area contributed by atoms with Crippen LogP contribution in [0.15, 0.2) is 0 Å². The first-order chi connectivity index (χ1) is 15.9. The summed E-state index contributed by atoms with van der Waals surface area (Å²) in [4.78, 5) is 73.4. The second kappa shape index (κ2) is 22.2. The summed E-state index contributed by atoms with van der Waals surface area (Å²) in [5.74, 6) is -5.88. The first-order valence-electron chi connectivity index (χ1n) is 9.94. The fourth-order valence-corrected chi connectivity index (χ4v) is 3.76. The number of carboxylic acid groups (broad SMARTS) is 4. The first-order valence-corrected chi connectivity index (χ1v) is 18.1. The Hall–Kier alpha value is -0.646. The van der Waals surface area contributed by atoms with Crippen molar-refractivity contribution in [3.05, 3.63) is 0 Å². The van der Waals surface area contributed by atoms with Crippen LogP contribution in [0.3, 0.4) is 0 Å². The minimum Gasteiger partial charge on any atom is -0.550 e. The molecule has 4 atom stereocenters. The molecule has 21 heteroatoms. The van der Waals surface area contributed by atoms with Gasteiger partial charge in [0.1, 0.15) is 0 Å². The summed E-state index contributed by atoms with van der Waals surface area (Å²) in [7, 11) is -13.6. The molecule has 0 heterocycles. The second-order valence-corrected chi connectivity index (χ2v) is 17.3. The summed E-state index contributed by atoms with van der Waals surface area (Å²) in [5, 5.41) is 38.9. The molecule has 0 spiro atoms. The van der Waals surface area contributed by atoms with Gasteiger partial charge < -0.3 is 59.2 Å².